The molecule has 0 spiro atoms. The molecule has 3 rings (SSSR count). The van der Waals surface area contributed by atoms with Gasteiger partial charge >= 0.3 is 5.00 Å². The van der Waals surface area contributed by atoms with Crippen molar-refractivity contribution in [2.45, 2.75) is 9.50 Å². The number of rotatable bonds is 3. The Morgan fingerprint density at radius 2 is 2.22 bits per heavy atom. The Labute approximate surface area is 109 Å². The topological polar surface area (TPSA) is 84.7 Å². The van der Waals surface area contributed by atoms with E-state index in [4.69, 9.17) is 0 Å². The van der Waals surface area contributed by atoms with Crippen molar-refractivity contribution in [1.82, 2.24) is 15.0 Å². The number of nitrogens with zero attached hydrogens (tertiary/aromatic N) is 3. The number of fused-ring (bicyclic) bond motifs is 1. The summed E-state index contributed by atoms with van der Waals surface area (Å²) in [5.41, 5.74) is 1.80. The van der Waals surface area contributed by atoms with Crippen LogP contribution in [0.5, 0.6) is 0 Å². The molecule has 8 heteroatoms. The normalized spacial score (nSPS) is 10.9. The lowest BCUT2D eigenvalue weighted by Crippen LogP contribution is -1.80. The maximum atomic E-state index is 10.6. The van der Waals surface area contributed by atoms with Gasteiger partial charge in [0.2, 0.25) is 0 Å². The molecular formula is C10H6N4O2S2. The Bertz CT molecular complexity index is 688. The van der Waals surface area contributed by atoms with Crippen LogP contribution in [0.3, 0.4) is 0 Å². The SMILES string of the molecule is O=[N+]([O-])c1cnc(Sc2nc3ccccc3[nH]2)s1. The highest BCUT2D eigenvalue weighted by Gasteiger charge is 2.13. The highest BCUT2D eigenvalue weighted by atomic mass is 32.2. The van der Waals surface area contributed by atoms with Gasteiger partial charge < -0.3 is 4.98 Å². The van der Waals surface area contributed by atoms with E-state index < -0.39 is 4.92 Å². The van der Waals surface area contributed by atoms with E-state index >= 15 is 0 Å². The summed E-state index contributed by atoms with van der Waals surface area (Å²) in [6, 6.07) is 7.66. The molecule has 1 aromatic carbocycles. The molecule has 18 heavy (non-hydrogen) atoms. The number of hydrogen-bond donors (Lipinski definition) is 1. The molecule has 0 unspecified atom stereocenters. The van der Waals surface area contributed by atoms with Gasteiger partial charge in [0.15, 0.2) is 9.50 Å². The molecule has 90 valence electrons. The molecule has 3 aromatic rings. The third-order valence-electron chi connectivity index (χ3n) is 2.20. The lowest BCUT2D eigenvalue weighted by atomic mass is 10.3. The van der Waals surface area contributed by atoms with Crippen LogP contribution in [0.1, 0.15) is 0 Å². The van der Waals surface area contributed by atoms with E-state index in [1.807, 2.05) is 24.3 Å². The molecule has 0 aliphatic rings. The van der Waals surface area contributed by atoms with Gasteiger partial charge in [-0.05, 0) is 35.2 Å². The average molecular weight is 278 g/mol. The third kappa shape index (κ3) is 2.07. The zero-order valence-corrected chi connectivity index (χ0v) is 10.5. The van der Waals surface area contributed by atoms with Gasteiger partial charge in [0.05, 0.1) is 16.0 Å². The lowest BCUT2D eigenvalue weighted by Gasteiger charge is -1.88. The minimum atomic E-state index is -0.444. The van der Waals surface area contributed by atoms with E-state index in [0.717, 1.165) is 22.4 Å². The van der Waals surface area contributed by atoms with E-state index in [0.29, 0.717) is 9.50 Å². The molecule has 0 radical (unpaired) electrons. The summed E-state index contributed by atoms with van der Waals surface area (Å²) in [5.74, 6) is 0. The van der Waals surface area contributed by atoms with Crippen LogP contribution >= 0.6 is 23.1 Å². The van der Waals surface area contributed by atoms with Gasteiger partial charge in [-0.2, -0.15) is 0 Å². The summed E-state index contributed by atoms with van der Waals surface area (Å²) in [4.78, 5) is 21.6. The summed E-state index contributed by atoms with van der Waals surface area (Å²) in [6.45, 7) is 0. The fourth-order valence-corrected chi connectivity index (χ4v) is 3.14. The van der Waals surface area contributed by atoms with Crippen LogP contribution in [-0.4, -0.2) is 19.9 Å². The highest BCUT2D eigenvalue weighted by molar-refractivity contribution is 8.00. The van der Waals surface area contributed by atoms with Gasteiger partial charge in [0.1, 0.15) is 6.20 Å². The quantitative estimate of drug-likeness (QED) is 0.588. The van der Waals surface area contributed by atoms with Gasteiger partial charge in [-0.25, -0.2) is 9.97 Å². The summed E-state index contributed by atoms with van der Waals surface area (Å²) in [7, 11) is 0. The fraction of sp³-hybridized carbons (Fsp3) is 0. The van der Waals surface area contributed by atoms with Crippen LogP contribution in [0.25, 0.3) is 11.0 Å². The molecule has 1 N–H and O–H groups in total. The minimum Gasteiger partial charge on any atom is -0.333 e. The van der Waals surface area contributed by atoms with Crippen molar-refractivity contribution >= 4 is 39.1 Å². The zero-order valence-electron chi connectivity index (χ0n) is 8.86. The van der Waals surface area contributed by atoms with Crippen molar-refractivity contribution in [3.05, 3.63) is 40.6 Å². The number of nitro groups is 1. The predicted molar refractivity (Wildman–Crippen MR) is 69.0 cm³/mol. The average Bonchev–Trinajstić information content (AvgIpc) is 2.94. The van der Waals surface area contributed by atoms with Crippen LogP contribution in [0.4, 0.5) is 5.00 Å². The Morgan fingerprint density at radius 3 is 2.94 bits per heavy atom. The molecule has 0 fully saturated rings. The second kappa shape index (κ2) is 4.39. The van der Waals surface area contributed by atoms with Crippen molar-refractivity contribution in [3.63, 3.8) is 0 Å². The van der Waals surface area contributed by atoms with Crippen molar-refractivity contribution in [3.8, 4) is 0 Å². The van der Waals surface area contributed by atoms with Gasteiger partial charge in [-0.3, -0.25) is 10.1 Å². The van der Waals surface area contributed by atoms with Crippen LogP contribution in [0.15, 0.2) is 40.0 Å². The smallest absolute Gasteiger partial charge is 0.333 e. The number of hydrogen-bond acceptors (Lipinski definition) is 6. The first-order valence-electron chi connectivity index (χ1n) is 4.95. The van der Waals surface area contributed by atoms with E-state index in [1.165, 1.54) is 18.0 Å². The first kappa shape index (κ1) is 11.2. The first-order valence-corrected chi connectivity index (χ1v) is 6.58. The number of nitrogens with one attached hydrogen (secondary N) is 1. The van der Waals surface area contributed by atoms with Gasteiger partial charge in [-0.1, -0.05) is 12.1 Å². The van der Waals surface area contributed by atoms with Gasteiger partial charge in [0.25, 0.3) is 0 Å². The van der Waals surface area contributed by atoms with Crippen molar-refractivity contribution in [2.75, 3.05) is 0 Å². The van der Waals surface area contributed by atoms with E-state index in [-0.39, 0.29) is 5.00 Å². The number of H-pyrrole nitrogens is 1. The zero-order chi connectivity index (χ0) is 12.5. The van der Waals surface area contributed by atoms with Crippen molar-refractivity contribution in [2.24, 2.45) is 0 Å². The molecule has 2 aromatic heterocycles. The molecule has 0 bridgehead atoms. The summed E-state index contributed by atoms with van der Waals surface area (Å²) in [5, 5.41) is 11.3. The number of aromatic nitrogens is 3. The summed E-state index contributed by atoms with van der Waals surface area (Å²) in [6.07, 6.45) is 1.26. The molecular weight excluding hydrogens is 272 g/mol. The Balaban J connectivity index is 1.88. The predicted octanol–water partition coefficient (Wildman–Crippen LogP) is 3.08. The molecule has 6 nitrogen and oxygen atoms in total. The molecule has 2 heterocycles. The van der Waals surface area contributed by atoms with E-state index in [2.05, 4.69) is 15.0 Å². The molecule has 0 amide bonds. The number of para-hydroxylation sites is 2. The molecule has 0 aliphatic carbocycles. The van der Waals surface area contributed by atoms with Crippen LogP contribution in [0.2, 0.25) is 0 Å². The monoisotopic (exact) mass is 278 g/mol. The highest BCUT2D eigenvalue weighted by Crippen LogP contribution is 2.33. The van der Waals surface area contributed by atoms with Crippen molar-refractivity contribution in [1.29, 1.82) is 0 Å². The lowest BCUT2D eigenvalue weighted by molar-refractivity contribution is -0.380. The standard InChI is InChI=1S/C10H6N4O2S2/c15-14(16)8-5-11-10(17-8)18-9-12-6-3-1-2-4-7(6)13-9/h1-5H,(H,12,13). The molecule has 0 saturated carbocycles. The first-order chi connectivity index (χ1) is 8.72. The van der Waals surface area contributed by atoms with Crippen LogP contribution < -0.4 is 0 Å². The number of benzene rings is 1. The maximum Gasteiger partial charge on any atom is 0.344 e. The summed E-state index contributed by atoms with van der Waals surface area (Å²) >= 11 is 2.33. The Kier molecular flexibility index (Phi) is 2.73. The fourth-order valence-electron chi connectivity index (χ4n) is 1.44. The van der Waals surface area contributed by atoms with Gasteiger partial charge in [-0.15, -0.1) is 0 Å². The Hall–Kier alpha value is -1.93. The van der Waals surface area contributed by atoms with Gasteiger partial charge in [0, 0.05) is 0 Å². The van der Waals surface area contributed by atoms with E-state index in [9.17, 15) is 10.1 Å². The number of thiazole rings is 1. The largest absolute Gasteiger partial charge is 0.344 e. The number of aromatic amines is 1. The Morgan fingerprint density at radius 1 is 1.39 bits per heavy atom. The maximum absolute atomic E-state index is 10.6. The van der Waals surface area contributed by atoms with Crippen molar-refractivity contribution < 1.29 is 4.92 Å². The van der Waals surface area contributed by atoms with Crippen LogP contribution in [0, 0.1) is 10.1 Å². The number of imidazole rings is 1. The second-order valence-corrected chi connectivity index (χ2v) is 5.63. The van der Waals surface area contributed by atoms with Crippen LogP contribution in [-0.2, 0) is 0 Å². The third-order valence-corrected chi connectivity index (χ3v) is 4.11. The second-order valence-electron chi connectivity index (χ2n) is 3.38. The summed E-state index contributed by atoms with van der Waals surface area (Å²) < 4.78 is 0.598. The minimum absolute atomic E-state index is 0.0358. The molecule has 0 atom stereocenters. The molecule has 0 saturated heterocycles. The van der Waals surface area contributed by atoms with E-state index in [1.54, 1.807) is 0 Å². The molecule has 0 aliphatic heterocycles.